The van der Waals surface area contributed by atoms with Gasteiger partial charge in [-0.15, -0.1) is 0 Å². The molecule has 2 aliphatic rings. The van der Waals surface area contributed by atoms with Crippen molar-refractivity contribution in [2.75, 3.05) is 13.1 Å². The standard InChI is InChI=1S/C18H33N/c1-3-9-16-11-8-6-4-5-7-10-15(2)18-14-19-13-12-17(16)18/h15-16,19H,3-14H2,1-2H3. The first kappa shape index (κ1) is 15.1. The van der Waals surface area contributed by atoms with Crippen molar-refractivity contribution in [1.29, 1.82) is 0 Å². The SMILES string of the molecule is CCCC1CCCCCCCC(C)C2=C1CCNC2. The number of hydrogen-bond donors (Lipinski definition) is 1. The number of rotatable bonds is 2. The van der Waals surface area contributed by atoms with Crippen molar-refractivity contribution < 1.29 is 0 Å². The molecule has 1 heterocycles. The molecule has 0 amide bonds. The third kappa shape index (κ3) is 4.34. The topological polar surface area (TPSA) is 12.0 Å². The fraction of sp³-hybridized carbons (Fsp3) is 0.889. The van der Waals surface area contributed by atoms with Crippen LogP contribution in [0.3, 0.4) is 0 Å². The summed E-state index contributed by atoms with van der Waals surface area (Å²) >= 11 is 0. The van der Waals surface area contributed by atoms with Gasteiger partial charge in [0.2, 0.25) is 0 Å². The summed E-state index contributed by atoms with van der Waals surface area (Å²) in [6.45, 7) is 7.22. The van der Waals surface area contributed by atoms with Crippen molar-refractivity contribution in [1.82, 2.24) is 5.32 Å². The molecule has 0 aromatic carbocycles. The molecule has 110 valence electrons. The number of hydrogen-bond acceptors (Lipinski definition) is 1. The molecule has 2 atom stereocenters. The van der Waals surface area contributed by atoms with Crippen LogP contribution >= 0.6 is 0 Å². The molecular formula is C18H33N. The lowest BCUT2D eigenvalue weighted by molar-refractivity contribution is 0.440. The molecular weight excluding hydrogens is 230 g/mol. The van der Waals surface area contributed by atoms with Crippen LogP contribution in [-0.4, -0.2) is 13.1 Å². The van der Waals surface area contributed by atoms with Gasteiger partial charge in [-0.25, -0.2) is 0 Å². The van der Waals surface area contributed by atoms with Gasteiger partial charge in [-0.2, -0.15) is 0 Å². The van der Waals surface area contributed by atoms with Gasteiger partial charge >= 0.3 is 0 Å². The van der Waals surface area contributed by atoms with E-state index in [1.165, 1.54) is 77.3 Å². The average Bonchev–Trinajstić information content (AvgIpc) is 2.47. The molecule has 0 fully saturated rings. The van der Waals surface area contributed by atoms with E-state index in [1.54, 1.807) is 5.57 Å². The maximum absolute atomic E-state index is 3.62. The molecule has 1 aliphatic heterocycles. The van der Waals surface area contributed by atoms with Gasteiger partial charge in [-0.05, 0) is 44.1 Å². The lowest BCUT2D eigenvalue weighted by Crippen LogP contribution is -2.30. The van der Waals surface area contributed by atoms with Crippen LogP contribution in [0.5, 0.6) is 0 Å². The zero-order chi connectivity index (χ0) is 13.5. The van der Waals surface area contributed by atoms with Crippen LogP contribution in [-0.2, 0) is 0 Å². The second-order valence-electron chi connectivity index (χ2n) is 6.71. The molecule has 0 saturated heterocycles. The van der Waals surface area contributed by atoms with E-state index in [1.807, 2.05) is 5.57 Å². The van der Waals surface area contributed by atoms with Crippen LogP contribution in [0.1, 0.15) is 78.1 Å². The monoisotopic (exact) mass is 263 g/mol. The Morgan fingerprint density at radius 2 is 1.74 bits per heavy atom. The molecule has 0 aromatic rings. The summed E-state index contributed by atoms with van der Waals surface area (Å²) in [5.74, 6) is 1.72. The third-order valence-electron chi connectivity index (χ3n) is 5.21. The molecule has 2 unspecified atom stereocenters. The van der Waals surface area contributed by atoms with Crippen molar-refractivity contribution in [3.05, 3.63) is 11.1 Å². The molecule has 1 nitrogen and oxygen atoms in total. The molecule has 0 aromatic heterocycles. The Morgan fingerprint density at radius 3 is 2.53 bits per heavy atom. The zero-order valence-electron chi connectivity index (χ0n) is 13.1. The lowest BCUT2D eigenvalue weighted by Gasteiger charge is -2.31. The van der Waals surface area contributed by atoms with Gasteiger partial charge in [0.15, 0.2) is 0 Å². The third-order valence-corrected chi connectivity index (χ3v) is 5.21. The van der Waals surface area contributed by atoms with Crippen LogP contribution < -0.4 is 5.32 Å². The molecule has 0 bridgehead atoms. The van der Waals surface area contributed by atoms with Crippen molar-refractivity contribution >= 4 is 0 Å². The van der Waals surface area contributed by atoms with Gasteiger partial charge in [0.05, 0.1) is 0 Å². The van der Waals surface area contributed by atoms with Crippen LogP contribution in [0.2, 0.25) is 0 Å². The van der Waals surface area contributed by atoms with Gasteiger partial charge in [0.1, 0.15) is 0 Å². The molecule has 0 spiro atoms. The second kappa shape index (κ2) is 8.09. The van der Waals surface area contributed by atoms with E-state index in [2.05, 4.69) is 19.2 Å². The summed E-state index contributed by atoms with van der Waals surface area (Å²) in [7, 11) is 0. The highest BCUT2D eigenvalue weighted by atomic mass is 14.9. The van der Waals surface area contributed by atoms with Gasteiger partial charge in [0.25, 0.3) is 0 Å². The highest BCUT2D eigenvalue weighted by Crippen LogP contribution is 2.35. The zero-order valence-corrected chi connectivity index (χ0v) is 13.1. The Bertz CT molecular complexity index is 292. The van der Waals surface area contributed by atoms with E-state index >= 15 is 0 Å². The quantitative estimate of drug-likeness (QED) is 0.686. The second-order valence-corrected chi connectivity index (χ2v) is 6.71. The maximum Gasteiger partial charge on any atom is 0.0170 e. The first-order valence-corrected chi connectivity index (χ1v) is 8.75. The van der Waals surface area contributed by atoms with Crippen LogP contribution in [0.25, 0.3) is 0 Å². The minimum absolute atomic E-state index is 0.820. The minimum Gasteiger partial charge on any atom is -0.313 e. The molecule has 1 aliphatic carbocycles. The normalized spacial score (nSPS) is 30.6. The van der Waals surface area contributed by atoms with E-state index < -0.39 is 0 Å². The van der Waals surface area contributed by atoms with Crippen LogP contribution in [0.15, 0.2) is 11.1 Å². The van der Waals surface area contributed by atoms with E-state index in [4.69, 9.17) is 0 Å². The fourth-order valence-corrected chi connectivity index (χ4v) is 4.06. The van der Waals surface area contributed by atoms with E-state index in [-0.39, 0.29) is 0 Å². The van der Waals surface area contributed by atoms with E-state index in [9.17, 15) is 0 Å². The van der Waals surface area contributed by atoms with Crippen molar-refractivity contribution in [3.8, 4) is 0 Å². The average molecular weight is 263 g/mol. The Balaban J connectivity index is 2.18. The molecule has 0 saturated carbocycles. The number of nitrogens with one attached hydrogen (secondary N) is 1. The molecule has 1 heteroatoms. The Hall–Kier alpha value is -0.300. The Morgan fingerprint density at radius 1 is 1.00 bits per heavy atom. The van der Waals surface area contributed by atoms with E-state index in [0.717, 1.165) is 11.8 Å². The minimum atomic E-state index is 0.820. The predicted molar refractivity (Wildman–Crippen MR) is 84.4 cm³/mol. The Kier molecular flexibility index (Phi) is 6.43. The summed E-state index contributed by atoms with van der Waals surface area (Å²) < 4.78 is 0. The smallest absolute Gasteiger partial charge is 0.0170 e. The molecule has 0 radical (unpaired) electrons. The summed E-state index contributed by atoms with van der Waals surface area (Å²) in [4.78, 5) is 0. The highest BCUT2D eigenvalue weighted by molar-refractivity contribution is 5.23. The van der Waals surface area contributed by atoms with Crippen LogP contribution in [0, 0.1) is 11.8 Å². The molecule has 2 rings (SSSR count). The molecule has 19 heavy (non-hydrogen) atoms. The highest BCUT2D eigenvalue weighted by Gasteiger charge is 2.23. The summed E-state index contributed by atoms with van der Waals surface area (Å²) in [5, 5.41) is 3.62. The maximum atomic E-state index is 3.62. The van der Waals surface area contributed by atoms with Gasteiger partial charge in [-0.1, -0.05) is 63.5 Å². The first-order valence-electron chi connectivity index (χ1n) is 8.75. The summed E-state index contributed by atoms with van der Waals surface area (Å²) in [6.07, 6.45) is 14.3. The predicted octanol–water partition coefficient (Wildman–Crippen LogP) is 5.07. The summed E-state index contributed by atoms with van der Waals surface area (Å²) in [5.41, 5.74) is 3.67. The fourth-order valence-electron chi connectivity index (χ4n) is 4.06. The largest absolute Gasteiger partial charge is 0.313 e. The van der Waals surface area contributed by atoms with Gasteiger partial charge in [0, 0.05) is 6.54 Å². The van der Waals surface area contributed by atoms with Crippen molar-refractivity contribution in [2.45, 2.75) is 78.1 Å². The lowest BCUT2D eigenvalue weighted by atomic mass is 9.79. The van der Waals surface area contributed by atoms with Crippen molar-refractivity contribution in [2.24, 2.45) is 11.8 Å². The molecule has 1 N–H and O–H groups in total. The summed E-state index contributed by atoms with van der Waals surface area (Å²) in [6, 6.07) is 0. The van der Waals surface area contributed by atoms with Gasteiger partial charge in [-0.3, -0.25) is 0 Å². The van der Waals surface area contributed by atoms with Gasteiger partial charge < -0.3 is 5.32 Å². The van der Waals surface area contributed by atoms with Crippen molar-refractivity contribution in [3.63, 3.8) is 0 Å². The van der Waals surface area contributed by atoms with Crippen LogP contribution in [0.4, 0.5) is 0 Å². The Labute approximate surface area is 120 Å². The first-order chi connectivity index (χ1) is 9.33. The van der Waals surface area contributed by atoms with E-state index in [0.29, 0.717) is 0 Å².